The fourth-order valence-corrected chi connectivity index (χ4v) is 10.5. The number of para-hydroxylation sites is 4. The van der Waals surface area contributed by atoms with Gasteiger partial charge in [0.15, 0.2) is 23.0 Å². The van der Waals surface area contributed by atoms with Crippen LogP contribution >= 0.6 is 0 Å². The molecule has 4 bridgehead atoms. The molecule has 6 fully saturated rings. The van der Waals surface area contributed by atoms with Gasteiger partial charge in [0.05, 0.1) is 58.7 Å². The molecule has 4 aromatic carbocycles. The van der Waals surface area contributed by atoms with Gasteiger partial charge in [-0.25, -0.2) is 9.97 Å². The highest BCUT2D eigenvalue weighted by atomic mass is 16.5. The minimum atomic E-state index is -0.305. The lowest BCUT2D eigenvalue weighted by Crippen LogP contribution is -2.53. The molecule has 0 saturated carbocycles. The van der Waals surface area contributed by atoms with Crippen LogP contribution in [-0.2, 0) is 0 Å². The number of anilines is 2. The molecule has 6 aliphatic rings. The zero-order valence-electron chi connectivity index (χ0n) is 35.6. The van der Waals surface area contributed by atoms with Gasteiger partial charge in [-0.05, 0) is 100 Å². The largest absolute Gasteiger partial charge is 0.504 e. The van der Waals surface area contributed by atoms with Crippen molar-refractivity contribution >= 4 is 55.2 Å². The number of hydrogen-bond acceptors (Lipinski definition) is 12. The van der Waals surface area contributed by atoms with E-state index in [2.05, 4.69) is 45.4 Å². The second kappa shape index (κ2) is 15.9. The van der Waals surface area contributed by atoms with Crippen LogP contribution in [0, 0.1) is 11.8 Å². The van der Waals surface area contributed by atoms with Crippen LogP contribution in [0.4, 0.5) is 11.4 Å². The molecule has 2 atom stereocenters. The van der Waals surface area contributed by atoms with Gasteiger partial charge < -0.3 is 60.1 Å². The fraction of sp³-hybridized carbons (Fsp3) is 0.333. The van der Waals surface area contributed by atoms with E-state index < -0.39 is 0 Å². The van der Waals surface area contributed by atoms with Gasteiger partial charge in [-0.2, -0.15) is 0 Å². The number of hydrogen-bond donors (Lipinski definition) is 8. The number of imidazole rings is 2. The average molecular weight is 863 g/mol. The number of aromatic nitrogens is 6. The number of aromatic hydroxyl groups is 2. The van der Waals surface area contributed by atoms with Crippen LogP contribution in [0.5, 0.6) is 23.0 Å². The number of piperidine rings is 6. The van der Waals surface area contributed by atoms with Crippen LogP contribution in [0.2, 0.25) is 0 Å². The summed E-state index contributed by atoms with van der Waals surface area (Å²) in [5, 5.41) is 29.1. The second-order valence-corrected chi connectivity index (χ2v) is 17.5. The molecule has 6 aliphatic heterocycles. The predicted molar refractivity (Wildman–Crippen MR) is 249 cm³/mol. The molecule has 0 amide bonds. The van der Waals surface area contributed by atoms with E-state index in [4.69, 9.17) is 14.5 Å². The summed E-state index contributed by atoms with van der Waals surface area (Å²) in [7, 11) is 3.22. The minimum absolute atomic E-state index is 0.197. The number of ether oxygens (including phenoxy) is 2. The van der Waals surface area contributed by atoms with Crippen molar-refractivity contribution in [1.82, 2.24) is 39.7 Å². The van der Waals surface area contributed by atoms with E-state index >= 15 is 0 Å². The first-order chi connectivity index (χ1) is 31.2. The molecule has 8 N–H and O–H groups in total. The highest BCUT2D eigenvalue weighted by molar-refractivity contribution is 6.02. The molecule has 10 heterocycles. The molecule has 328 valence electrons. The third-order valence-corrected chi connectivity index (χ3v) is 13.9. The molecular formula is C48H50N10O6. The topological polar surface area (TPSA) is 213 Å². The van der Waals surface area contributed by atoms with E-state index in [1.54, 1.807) is 14.2 Å². The van der Waals surface area contributed by atoms with E-state index in [-0.39, 0.29) is 34.7 Å². The molecule has 16 nitrogen and oxygen atoms in total. The van der Waals surface area contributed by atoms with Gasteiger partial charge in [-0.1, -0.05) is 24.3 Å². The van der Waals surface area contributed by atoms with E-state index in [1.165, 1.54) is 25.0 Å². The van der Waals surface area contributed by atoms with Crippen molar-refractivity contribution in [2.24, 2.45) is 11.8 Å². The fourth-order valence-electron chi connectivity index (χ4n) is 10.5. The summed E-state index contributed by atoms with van der Waals surface area (Å²) < 4.78 is 11.1. The maximum Gasteiger partial charge on any atom is 0.261 e. The third kappa shape index (κ3) is 7.02. The van der Waals surface area contributed by atoms with E-state index in [1.807, 2.05) is 60.7 Å². The number of phenolic OH excluding ortho intramolecular Hbond substituents is 2. The maximum atomic E-state index is 13.4. The van der Waals surface area contributed by atoms with Gasteiger partial charge >= 0.3 is 0 Å². The Labute approximate surface area is 366 Å². The number of H-pyrrole nitrogens is 4. The van der Waals surface area contributed by atoms with Crippen LogP contribution in [0.3, 0.4) is 0 Å². The van der Waals surface area contributed by atoms with Crippen molar-refractivity contribution in [3.63, 3.8) is 0 Å². The van der Waals surface area contributed by atoms with Gasteiger partial charge in [0.25, 0.3) is 11.1 Å². The van der Waals surface area contributed by atoms with Gasteiger partial charge in [0.2, 0.25) is 0 Å². The first-order valence-electron chi connectivity index (χ1n) is 22.0. The summed E-state index contributed by atoms with van der Waals surface area (Å²) in [6.45, 7) is 6.43. The lowest BCUT2D eigenvalue weighted by molar-refractivity contribution is 0.0976. The molecule has 0 unspecified atom stereocenters. The number of nitrogens with one attached hydrogen (secondary N) is 6. The number of methoxy groups -OCH3 is 2. The summed E-state index contributed by atoms with van der Waals surface area (Å²) in [5.74, 6) is 2.84. The zero-order chi connectivity index (χ0) is 43.6. The quantitative estimate of drug-likeness (QED) is 0.0762. The molecule has 6 saturated heterocycles. The molecule has 14 rings (SSSR count). The second-order valence-electron chi connectivity index (χ2n) is 17.5. The molecule has 4 aromatic heterocycles. The monoisotopic (exact) mass is 862 g/mol. The smallest absolute Gasteiger partial charge is 0.261 e. The molecule has 0 aliphatic carbocycles. The number of pyridine rings is 2. The number of benzene rings is 4. The Kier molecular flexibility index (Phi) is 9.91. The highest BCUT2D eigenvalue weighted by Crippen LogP contribution is 2.41. The molecular weight excluding hydrogens is 813 g/mol. The summed E-state index contributed by atoms with van der Waals surface area (Å²) in [6.07, 6.45) is 4.61. The molecule has 64 heavy (non-hydrogen) atoms. The van der Waals surface area contributed by atoms with E-state index in [0.717, 1.165) is 85.3 Å². The molecule has 0 spiro atoms. The Bertz CT molecular complexity index is 3130. The lowest BCUT2D eigenvalue weighted by atomic mass is 9.83. The molecule has 8 aromatic rings. The van der Waals surface area contributed by atoms with Crippen LogP contribution in [0.1, 0.15) is 25.7 Å². The average Bonchev–Trinajstić information content (AvgIpc) is 3.95. The number of fused-ring (bicyclic) bond motifs is 10. The first-order valence-corrected chi connectivity index (χ1v) is 22.0. The number of rotatable bonds is 8. The van der Waals surface area contributed by atoms with Crippen molar-refractivity contribution in [1.29, 1.82) is 0 Å². The summed E-state index contributed by atoms with van der Waals surface area (Å²) >= 11 is 0. The van der Waals surface area contributed by atoms with Crippen molar-refractivity contribution in [3.8, 4) is 45.8 Å². The number of phenols is 2. The van der Waals surface area contributed by atoms with Gasteiger partial charge in [0.1, 0.15) is 22.8 Å². The number of nitrogens with zero attached hydrogens (tertiary/aromatic N) is 4. The third-order valence-electron chi connectivity index (χ3n) is 13.9. The lowest BCUT2D eigenvalue weighted by Gasteiger charge is -2.45. The number of aromatic amines is 4. The van der Waals surface area contributed by atoms with Crippen LogP contribution in [-0.4, -0.2) is 115 Å². The van der Waals surface area contributed by atoms with Crippen LogP contribution in [0.25, 0.3) is 66.6 Å². The normalized spacial score (nSPS) is 22.5. The summed E-state index contributed by atoms with van der Waals surface area (Å²) in [4.78, 5) is 53.5. The zero-order valence-corrected chi connectivity index (χ0v) is 35.6. The van der Waals surface area contributed by atoms with Crippen molar-refractivity contribution in [3.05, 3.63) is 93.5 Å². The summed E-state index contributed by atoms with van der Waals surface area (Å²) in [5.41, 5.74) is 6.34. The molecule has 0 radical (unpaired) electrons. The van der Waals surface area contributed by atoms with E-state index in [0.29, 0.717) is 68.2 Å². The van der Waals surface area contributed by atoms with Gasteiger partial charge in [-0.3, -0.25) is 9.59 Å². The van der Waals surface area contributed by atoms with E-state index in [9.17, 15) is 19.8 Å². The first kappa shape index (κ1) is 39.8. The summed E-state index contributed by atoms with van der Waals surface area (Å²) in [6, 6.07) is 22.6. The minimum Gasteiger partial charge on any atom is -0.504 e. The van der Waals surface area contributed by atoms with Crippen LogP contribution < -0.4 is 31.2 Å². The van der Waals surface area contributed by atoms with Gasteiger partial charge in [-0.15, -0.1) is 0 Å². The SMILES string of the molecule is COc1cc2[nH]c(=O)c(-c3nc4ccccc4[nH]3)c(N[C@H]3CN4CCC3CC4)c2cc1OC.O=c1[nH]c2cc(O)c(O)cc2c(N[C@H]2CN3CCC2CC3)c1-c1nc2ccccc2[nH]1. The predicted octanol–water partition coefficient (Wildman–Crippen LogP) is 6.58. The Hall–Kier alpha value is -7.04. The maximum absolute atomic E-state index is 13.4. The Morgan fingerprint density at radius 3 is 1.47 bits per heavy atom. The van der Waals surface area contributed by atoms with Gasteiger partial charge in [0, 0.05) is 48.1 Å². The Morgan fingerprint density at radius 2 is 1.02 bits per heavy atom. The standard InChI is InChI=1S/C25H27N5O3.C23H23N5O3/c1-32-20-11-15-18(12-21(20)33-2)29-25(31)22(24-27-16-5-3-4-6-17(16)28-24)23(15)26-19-13-30-9-7-14(19)8-10-30;29-18-9-13-16(10-19(18)30)27-23(31)20(22-25-14-3-1-2-4-15(14)26-22)21(13)24-17-11-28-7-5-12(17)6-8-28/h3-6,11-12,14,19H,7-10,13H2,1-2H3,(H,27,28)(H2,26,29,31);1-4,9-10,12,17,29-30H,5-8,11H2,(H,25,26)(H2,24,27,31)/t19-;17-/m00/s1. The Morgan fingerprint density at radius 1 is 0.578 bits per heavy atom. The molecule has 16 heteroatoms. The Balaban J connectivity index is 0.000000143. The van der Waals surface area contributed by atoms with Crippen LogP contribution in [0.15, 0.2) is 82.4 Å². The van der Waals surface area contributed by atoms with Crippen molar-refractivity contribution < 1.29 is 19.7 Å². The highest BCUT2D eigenvalue weighted by Gasteiger charge is 2.37. The van der Waals surface area contributed by atoms with Crippen molar-refractivity contribution in [2.45, 2.75) is 37.8 Å². The van der Waals surface area contributed by atoms with Crippen molar-refractivity contribution in [2.75, 3.05) is 64.1 Å².